The summed E-state index contributed by atoms with van der Waals surface area (Å²) in [5.41, 5.74) is 4.52. The van der Waals surface area contributed by atoms with Gasteiger partial charge in [-0.3, -0.25) is 9.59 Å². The van der Waals surface area contributed by atoms with Crippen molar-refractivity contribution in [3.05, 3.63) is 94.5 Å². The summed E-state index contributed by atoms with van der Waals surface area (Å²) in [6.45, 7) is 1.82. The fraction of sp³-hybridized carbons (Fsp3) is 0.0435. The molecule has 3 aromatic carbocycles. The third-order valence-corrected chi connectivity index (χ3v) is 4.37. The Balaban J connectivity index is 1.52. The number of hydrogen-bond acceptors (Lipinski definition) is 5. The van der Waals surface area contributed by atoms with Crippen LogP contribution < -0.4 is 15.5 Å². The average Bonchev–Trinajstić information content (AvgIpc) is 2.76. The molecule has 0 saturated heterocycles. The summed E-state index contributed by atoms with van der Waals surface area (Å²) in [5.74, 6) is -1.92. The average molecular weight is 436 g/mol. The van der Waals surface area contributed by atoms with Crippen LogP contribution >= 0.6 is 11.6 Å². The first-order valence-electron chi connectivity index (χ1n) is 9.20. The number of carbonyl (C=O) groups excluding carboxylic acids is 3. The number of benzene rings is 3. The topological polar surface area (TPSA) is 96.9 Å². The highest BCUT2D eigenvalue weighted by Gasteiger charge is 2.13. The van der Waals surface area contributed by atoms with Gasteiger partial charge >= 0.3 is 17.8 Å². The molecule has 8 heteroatoms. The molecule has 0 saturated carbocycles. The van der Waals surface area contributed by atoms with Crippen LogP contribution in [0, 0.1) is 6.92 Å². The van der Waals surface area contributed by atoms with E-state index in [0.717, 1.165) is 5.56 Å². The molecule has 7 nitrogen and oxygen atoms in total. The minimum atomic E-state index is -0.897. The normalized spacial score (nSPS) is 10.5. The Morgan fingerprint density at radius 1 is 0.935 bits per heavy atom. The largest absolute Gasteiger partial charge is 0.423 e. The quantitative estimate of drug-likeness (QED) is 0.208. The molecule has 0 aliphatic carbocycles. The number of para-hydroxylation sites is 1. The summed E-state index contributed by atoms with van der Waals surface area (Å²) >= 11 is 5.87. The number of esters is 1. The van der Waals surface area contributed by atoms with E-state index in [4.69, 9.17) is 16.3 Å². The van der Waals surface area contributed by atoms with Crippen LogP contribution in [0.4, 0.5) is 5.69 Å². The van der Waals surface area contributed by atoms with Crippen molar-refractivity contribution in [1.82, 2.24) is 5.43 Å². The lowest BCUT2D eigenvalue weighted by molar-refractivity contribution is -0.136. The van der Waals surface area contributed by atoms with E-state index in [1.807, 2.05) is 19.1 Å². The molecule has 0 spiro atoms. The molecule has 0 atom stereocenters. The third kappa shape index (κ3) is 6.25. The van der Waals surface area contributed by atoms with Gasteiger partial charge in [0.15, 0.2) is 0 Å². The maximum absolute atomic E-state index is 12.1. The van der Waals surface area contributed by atoms with Crippen LogP contribution in [0.3, 0.4) is 0 Å². The second-order valence-electron chi connectivity index (χ2n) is 6.44. The van der Waals surface area contributed by atoms with Gasteiger partial charge < -0.3 is 10.1 Å². The van der Waals surface area contributed by atoms with E-state index in [-0.39, 0.29) is 0 Å². The molecule has 0 radical (unpaired) electrons. The molecule has 156 valence electrons. The fourth-order valence-electron chi connectivity index (χ4n) is 2.51. The van der Waals surface area contributed by atoms with Gasteiger partial charge in [0.2, 0.25) is 0 Å². The lowest BCUT2D eigenvalue weighted by Gasteiger charge is -2.06. The van der Waals surface area contributed by atoms with Gasteiger partial charge in [-0.05, 0) is 66.6 Å². The van der Waals surface area contributed by atoms with E-state index in [9.17, 15) is 14.4 Å². The van der Waals surface area contributed by atoms with E-state index in [2.05, 4.69) is 15.8 Å². The summed E-state index contributed by atoms with van der Waals surface area (Å²) < 4.78 is 5.29. The van der Waals surface area contributed by atoms with Crippen molar-refractivity contribution in [3.8, 4) is 5.75 Å². The van der Waals surface area contributed by atoms with Crippen molar-refractivity contribution in [2.24, 2.45) is 5.10 Å². The highest BCUT2D eigenvalue weighted by atomic mass is 35.5. The maximum atomic E-state index is 12.1. The Hall–Kier alpha value is -3.97. The molecule has 0 aliphatic rings. The van der Waals surface area contributed by atoms with Crippen molar-refractivity contribution < 1.29 is 19.1 Å². The lowest BCUT2D eigenvalue weighted by Crippen LogP contribution is -2.32. The molecule has 0 aromatic heterocycles. The lowest BCUT2D eigenvalue weighted by atomic mass is 10.2. The Morgan fingerprint density at radius 3 is 2.39 bits per heavy atom. The summed E-state index contributed by atoms with van der Waals surface area (Å²) in [6, 6.07) is 20.0. The zero-order valence-electron chi connectivity index (χ0n) is 16.5. The Labute approximate surface area is 183 Å². The van der Waals surface area contributed by atoms with Crippen molar-refractivity contribution in [3.63, 3.8) is 0 Å². The molecule has 0 heterocycles. The minimum absolute atomic E-state index is 0.337. The highest BCUT2D eigenvalue weighted by Crippen LogP contribution is 2.16. The Bertz CT molecular complexity index is 1140. The van der Waals surface area contributed by atoms with Gasteiger partial charge in [-0.1, -0.05) is 35.9 Å². The highest BCUT2D eigenvalue weighted by molar-refractivity contribution is 6.39. The van der Waals surface area contributed by atoms with E-state index in [0.29, 0.717) is 27.6 Å². The molecular weight excluding hydrogens is 418 g/mol. The smallest absolute Gasteiger partial charge is 0.343 e. The molecule has 3 rings (SSSR count). The molecule has 0 unspecified atom stereocenters. The monoisotopic (exact) mass is 435 g/mol. The van der Waals surface area contributed by atoms with E-state index in [1.54, 1.807) is 54.6 Å². The van der Waals surface area contributed by atoms with Crippen LogP contribution in [0.2, 0.25) is 5.02 Å². The first-order valence-corrected chi connectivity index (χ1v) is 9.58. The first-order chi connectivity index (χ1) is 14.9. The zero-order chi connectivity index (χ0) is 22.2. The fourth-order valence-corrected chi connectivity index (χ4v) is 2.70. The van der Waals surface area contributed by atoms with E-state index >= 15 is 0 Å². The zero-order valence-corrected chi connectivity index (χ0v) is 17.2. The molecule has 2 N–H and O–H groups in total. The van der Waals surface area contributed by atoms with Gasteiger partial charge in [0.1, 0.15) is 5.75 Å². The number of carbonyl (C=O) groups is 3. The number of aryl methyl sites for hydroxylation is 1. The van der Waals surface area contributed by atoms with Gasteiger partial charge in [0.25, 0.3) is 0 Å². The van der Waals surface area contributed by atoms with Crippen LogP contribution in [0.15, 0.2) is 77.9 Å². The predicted octanol–water partition coefficient (Wildman–Crippen LogP) is 3.96. The number of nitrogens with one attached hydrogen (secondary N) is 2. The van der Waals surface area contributed by atoms with Crippen LogP contribution in [0.5, 0.6) is 5.75 Å². The number of rotatable bonds is 5. The van der Waals surface area contributed by atoms with Crippen LogP contribution in [0.25, 0.3) is 0 Å². The van der Waals surface area contributed by atoms with E-state index < -0.39 is 17.8 Å². The number of anilines is 1. The standard InChI is InChI=1S/C23H18ClN3O4/c1-15-5-2-3-8-20(15)26-21(28)22(29)27-25-14-16-9-11-19(12-10-16)31-23(30)17-6-4-7-18(24)13-17/h2-14H,1H3,(H,26,28)(H,27,29)/b25-14-. The predicted molar refractivity (Wildman–Crippen MR) is 118 cm³/mol. The van der Waals surface area contributed by atoms with Gasteiger partial charge in [-0.25, -0.2) is 10.2 Å². The van der Waals surface area contributed by atoms with Crippen molar-refractivity contribution in [2.75, 3.05) is 5.32 Å². The molecule has 0 bridgehead atoms. The van der Waals surface area contributed by atoms with Gasteiger partial charge in [-0.2, -0.15) is 5.10 Å². The SMILES string of the molecule is Cc1ccccc1NC(=O)C(=O)N/N=C\c1ccc(OC(=O)c2cccc(Cl)c2)cc1. The summed E-state index contributed by atoms with van der Waals surface area (Å²) in [4.78, 5) is 35.9. The number of nitrogens with zero attached hydrogens (tertiary/aromatic N) is 1. The number of amides is 2. The summed E-state index contributed by atoms with van der Waals surface area (Å²) in [5, 5.41) is 6.73. The van der Waals surface area contributed by atoms with Crippen LogP contribution in [-0.2, 0) is 9.59 Å². The molecule has 0 fully saturated rings. The molecule has 2 amide bonds. The number of hydrogen-bond donors (Lipinski definition) is 2. The summed E-state index contributed by atoms with van der Waals surface area (Å²) in [7, 11) is 0. The Morgan fingerprint density at radius 2 is 1.68 bits per heavy atom. The summed E-state index contributed by atoms with van der Waals surface area (Å²) in [6.07, 6.45) is 1.36. The number of halogens is 1. The molecule has 31 heavy (non-hydrogen) atoms. The van der Waals surface area contributed by atoms with Crippen molar-refractivity contribution in [1.29, 1.82) is 0 Å². The maximum Gasteiger partial charge on any atom is 0.343 e. The minimum Gasteiger partial charge on any atom is -0.423 e. The van der Waals surface area contributed by atoms with Crippen molar-refractivity contribution >= 4 is 41.3 Å². The van der Waals surface area contributed by atoms with E-state index in [1.165, 1.54) is 12.3 Å². The molecule has 0 aliphatic heterocycles. The van der Waals surface area contributed by atoms with Gasteiger partial charge in [-0.15, -0.1) is 0 Å². The van der Waals surface area contributed by atoms with Crippen LogP contribution in [-0.4, -0.2) is 24.0 Å². The second kappa shape index (κ2) is 10.2. The first kappa shape index (κ1) is 21.7. The number of hydrazone groups is 1. The number of ether oxygens (including phenoxy) is 1. The van der Waals surface area contributed by atoms with Gasteiger partial charge in [0.05, 0.1) is 11.8 Å². The van der Waals surface area contributed by atoms with Crippen LogP contribution in [0.1, 0.15) is 21.5 Å². The van der Waals surface area contributed by atoms with Crippen molar-refractivity contribution in [2.45, 2.75) is 6.92 Å². The molecule has 3 aromatic rings. The third-order valence-electron chi connectivity index (χ3n) is 4.13. The second-order valence-corrected chi connectivity index (χ2v) is 6.87. The molecular formula is C23H18ClN3O4. The Kier molecular flexibility index (Phi) is 7.13. The van der Waals surface area contributed by atoms with Gasteiger partial charge in [0, 0.05) is 10.7 Å².